The number of carbonyl (C=O) groups is 1. The molecule has 0 aliphatic rings. The number of Topliss-reactive ketones (excluding diaryl/α,β-unsaturated/α-hetero) is 1. The third kappa shape index (κ3) is 5.89. The lowest BCUT2D eigenvalue weighted by Gasteiger charge is -2.15. The molecule has 0 amide bonds. The van der Waals surface area contributed by atoms with E-state index < -0.39 is 10.0 Å². The van der Waals surface area contributed by atoms with Crippen molar-refractivity contribution in [3.63, 3.8) is 0 Å². The van der Waals surface area contributed by atoms with Gasteiger partial charge in [-0.2, -0.15) is 5.10 Å². The summed E-state index contributed by atoms with van der Waals surface area (Å²) in [6.07, 6.45) is 0. The smallest absolute Gasteiger partial charge is 0.242 e. The molecular formula is C24H24N4O3S2. The van der Waals surface area contributed by atoms with Gasteiger partial charge in [-0.3, -0.25) is 10.2 Å². The summed E-state index contributed by atoms with van der Waals surface area (Å²) in [6.45, 7) is 1.83. The number of hydrogen-bond donors (Lipinski definition) is 2. The minimum atomic E-state index is -3.60. The summed E-state index contributed by atoms with van der Waals surface area (Å²) < 4.78 is 26.0. The maximum Gasteiger partial charge on any atom is 0.242 e. The van der Waals surface area contributed by atoms with Crippen molar-refractivity contribution in [2.24, 2.45) is 5.10 Å². The Balaban J connectivity index is 1.86. The Morgan fingerprint density at radius 1 is 0.909 bits per heavy atom. The van der Waals surface area contributed by atoms with Crippen molar-refractivity contribution < 1.29 is 13.2 Å². The van der Waals surface area contributed by atoms with Crippen LogP contribution in [0.4, 0.5) is 5.69 Å². The molecule has 0 saturated heterocycles. The molecule has 0 fully saturated rings. The molecule has 0 bridgehead atoms. The van der Waals surface area contributed by atoms with E-state index in [9.17, 15) is 13.2 Å². The van der Waals surface area contributed by atoms with Crippen LogP contribution in [-0.4, -0.2) is 43.4 Å². The topological polar surface area (TPSA) is 90.9 Å². The lowest BCUT2D eigenvalue weighted by atomic mass is 10.0. The second-order valence-corrected chi connectivity index (χ2v) is 9.91. The highest BCUT2D eigenvalue weighted by atomic mass is 32.2. The Morgan fingerprint density at radius 2 is 1.48 bits per heavy atom. The van der Waals surface area contributed by atoms with Gasteiger partial charge < -0.3 is 5.32 Å². The van der Waals surface area contributed by atoms with E-state index in [-0.39, 0.29) is 21.5 Å². The Hall–Kier alpha value is -3.40. The molecule has 33 heavy (non-hydrogen) atoms. The van der Waals surface area contributed by atoms with Gasteiger partial charge in [0.05, 0.1) is 4.90 Å². The van der Waals surface area contributed by atoms with Crippen molar-refractivity contribution in [2.45, 2.75) is 11.8 Å². The molecule has 0 radical (unpaired) electrons. The van der Waals surface area contributed by atoms with E-state index in [0.717, 1.165) is 9.87 Å². The number of ketones is 1. The van der Waals surface area contributed by atoms with Crippen LogP contribution in [0.3, 0.4) is 0 Å². The molecule has 0 aliphatic carbocycles. The van der Waals surface area contributed by atoms with Crippen LogP contribution in [0.5, 0.6) is 0 Å². The first-order valence-corrected chi connectivity index (χ1v) is 11.9. The fourth-order valence-corrected chi connectivity index (χ4v) is 4.02. The number of nitrogens with zero attached hydrogens (tertiary/aromatic N) is 2. The summed E-state index contributed by atoms with van der Waals surface area (Å²) in [6, 6.07) is 22.7. The number of anilines is 1. The minimum absolute atomic E-state index is 0.117. The van der Waals surface area contributed by atoms with Crippen LogP contribution in [0.1, 0.15) is 21.5 Å². The average molecular weight is 481 g/mol. The van der Waals surface area contributed by atoms with Gasteiger partial charge in [0, 0.05) is 30.9 Å². The molecule has 0 aliphatic heterocycles. The molecule has 0 saturated carbocycles. The molecule has 3 rings (SSSR count). The molecule has 170 valence electrons. The second kappa shape index (κ2) is 10.5. The van der Waals surface area contributed by atoms with Crippen LogP contribution < -0.4 is 10.7 Å². The van der Waals surface area contributed by atoms with Gasteiger partial charge in [-0.15, -0.1) is 0 Å². The van der Waals surface area contributed by atoms with Gasteiger partial charge in [-0.25, -0.2) is 12.7 Å². The Kier molecular flexibility index (Phi) is 7.70. The number of rotatable bonds is 7. The quantitative estimate of drug-likeness (QED) is 0.231. The molecule has 7 nitrogen and oxygen atoms in total. The third-order valence-electron chi connectivity index (χ3n) is 4.80. The largest absolute Gasteiger partial charge is 0.331 e. The summed E-state index contributed by atoms with van der Waals surface area (Å²) in [4.78, 5) is 13.2. The lowest BCUT2D eigenvalue weighted by Crippen LogP contribution is -2.28. The highest BCUT2D eigenvalue weighted by Gasteiger charge is 2.19. The number of aryl methyl sites for hydroxylation is 1. The highest BCUT2D eigenvalue weighted by Crippen LogP contribution is 2.22. The van der Waals surface area contributed by atoms with Crippen LogP contribution in [0.25, 0.3) is 0 Å². The Labute approximate surface area is 199 Å². The normalized spacial score (nSPS) is 11.8. The molecule has 3 aromatic rings. The lowest BCUT2D eigenvalue weighted by molar-refractivity contribution is 0.106. The number of nitrogens with one attached hydrogen (secondary N) is 2. The fourth-order valence-electron chi connectivity index (χ4n) is 2.93. The van der Waals surface area contributed by atoms with Crippen molar-refractivity contribution in [3.8, 4) is 0 Å². The maximum absolute atomic E-state index is 13.1. The van der Waals surface area contributed by atoms with Crippen molar-refractivity contribution >= 4 is 44.5 Å². The monoisotopic (exact) mass is 480 g/mol. The summed E-state index contributed by atoms with van der Waals surface area (Å²) >= 11 is 5.36. The fraction of sp³-hybridized carbons (Fsp3) is 0.125. The molecule has 0 atom stereocenters. The number of thiocarbonyl (C=S) groups is 1. The first kappa shape index (κ1) is 24.2. The number of hydrogen-bond acceptors (Lipinski definition) is 5. The number of hydrazone groups is 1. The first-order chi connectivity index (χ1) is 15.7. The third-order valence-corrected chi connectivity index (χ3v) is 6.81. The highest BCUT2D eigenvalue weighted by molar-refractivity contribution is 7.89. The van der Waals surface area contributed by atoms with E-state index in [2.05, 4.69) is 15.8 Å². The van der Waals surface area contributed by atoms with Gasteiger partial charge in [0.1, 0.15) is 5.71 Å². The van der Waals surface area contributed by atoms with E-state index in [1.807, 2.05) is 31.2 Å². The van der Waals surface area contributed by atoms with E-state index in [1.165, 1.54) is 26.2 Å². The van der Waals surface area contributed by atoms with Crippen LogP contribution >= 0.6 is 12.2 Å². The molecule has 0 heterocycles. The molecule has 0 spiro atoms. The average Bonchev–Trinajstić information content (AvgIpc) is 2.81. The summed E-state index contributed by atoms with van der Waals surface area (Å²) in [7, 11) is -0.658. The van der Waals surface area contributed by atoms with Crippen LogP contribution in [-0.2, 0) is 10.0 Å². The summed E-state index contributed by atoms with van der Waals surface area (Å²) in [5.74, 6) is -0.257. The van der Waals surface area contributed by atoms with Crippen molar-refractivity contribution in [1.82, 2.24) is 9.73 Å². The van der Waals surface area contributed by atoms with Gasteiger partial charge >= 0.3 is 0 Å². The number of benzene rings is 3. The van der Waals surface area contributed by atoms with Crippen molar-refractivity contribution in [2.75, 3.05) is 19.4 Å². The molecule has 3 aromatic carbocycles. The Morgan fingerprint density at radius 3 is 2.06 bits per heavy atom. The zero-order valence-electron chi connectivity index (χ0n) is 18.4. The molecule has 0 aromatic heterocycles. The van der Waals surface area contributed by atoms with Crippen molar-refractivity contribution in [3.05, 3.63) is 95.6 Å². The molecular weight excluding hydrogens is 456 g/mol. The van der Waals surface area contributed by atoms with Gasteiger partial charge in [0.25, 0.3) is 0 Å². The molecule has 0 unspecified atom stereocenters. The minimum Gasteiger partial charge on any atom is -0.331 e. The zero-order chi connectivity index (χ0) is 24.0. The van der Waals surface area contributed by atoms with E-state index >= 15 is 0 Å². The first-order valence-electron chi connectivity index (χ1n) is 10.0. The van der Waals surface area contributed by atoms with E-state index in [4.69, 9.17) is 12.2 Å². The maximum atomic E-state index is 13.1. The Bertz CT molecular complexity index is 1290. The van der Waals surface area contributed by atoms with Gasteiger partial charge in [-0.1, -0.05) is 66.7 Å². The van der Waals surface area contributed by atoms with Crippen molar-refractivity contribution in [1.29, 1.82) is 0 Å². The summed E-state index contributed by atoms with van der Waals surface area (Å²) in [5.41, 5.74) is 5.36. The summed E-state index contributed by atoms with van der Waals surface area (Å²) in [5, 5.41) is 7.37. The molecule has 2 N–H and O–H groups in total. The number of sulfonamides is 1. The second-order valence-electron chi connectivity index (χ2n) is 7.35. The van der Waals surface area contributed by atoms with E-state index in [0.29, 0.717) is 16.8 Å². The zero-order valence-corrected chi connectivity index (χ0v) is 20.1. The number of carbonyl (C=O) groups excluding carboxylic acids is 1. The van der Waals surface area contributed by atoms with Gasteiger partial charge in [0.15, 0.2) is 5.11 Å². The SMILES string of the molecule is Cc1ccc(S(=O)(=O)N(C)C)cc1NC(=S)N/N=C(\C(=O)c1ccccc1)c1ccccc1. The van der Waals surface area contributed by atoms with E-state index in [1.54, 1.807) is 42.5 Å². The molecule has 9 heteroatoms. The predicted molar refractivity (Wildman–Crippen MR) is 135 cm³/mol. The van der Waals surface area contributed by atoms with Crippen LogP contribution in [0, 0.1) is 6.92 Å². The van der Waals surface area contributed by atoms with Crippen LogP contribution in [0.2, 0.25) is 0 Å². The van der Waals surface area contributed by atoms with Gasteiger partial charge in [0.2, 0.25) is 15.8 Å². The predicted octanol–water partition coefficient (Wildman–Crippen LogP) is 3.82. The standard InChI is InChI=1S/C24H24N4O3S2/c1-17-14-15-20(33(30,31)28(2)3)16-21(17)25-24(32)27-26-22(18-10-6-4-7-11-18)23(29)19-12-8-5-9-13-19/h4-16H,1-3H3,(H2,25,27,32)/b26-22-. The van der Waals surface area contributed by atoms with Gasteiger partial charge in [-0.05, 0) is 36.8 Å². The van der Waals surface area contributed by atoms with Crippen LogP contribution in [0.15, 0.2) is 88.9 Å².